The summed E-state index contributed by atoms with van der Waals surface area (Å²) in [6.07, 6.45) is 2.30. The predicted octanol–water partition coefficient (Wildman–Crippen LogP) is 3.22. The highest BCUT2D eigenvalue weighted by atomic mass is 16.6. The molecule has 1 amide bonds. The van der Waals surface area contributed by atoms with Gasteiger partial charge in [0.2, 0.25) is 0 Å². The van der Waals surface area contributed by atoms with E-state index in [4.69, 9.17) is 9.47 Å². The molecule has 0 unspecified atom stereocenters. The Labute approximate surface area is 149 Å². The van der Waals surface area contributed by atoms with Crippen molar-refractivity contribution in [3.63, 3.8) is 0 Å². The van der Waals surface area contributed by atoms with Crippen molar-refractivity contribution in [1.82, 2.24) is 9.88 Å². The summed E-state index contributed by atoms with van der Waals surface area (Å²) in [5.41, 5.74) is 0.364. The molecular weight excluding hydrogens is 320 g/mol. The lowest BCUT2D eigenvalue weighted by molar-refractivity contribution is -0.152. The van der Waals surface area contributed by atoms with Crippen LogP contribution in [0.25, 0.3) is 0 Å². The predicted molar refractivity (Wildman–Crippen MR) is 94.3 cm³/mol. The maximum Gasteiger partial charge on any atom is 0.410 e. The first-order chi connectivity index (χ1) is 11.7. The maximum absolute atomic E-state index is 12.8. The third kappa shape index (κ3) is 4.30. The van der Waals surface area contributed by atoms with E-state index in [-0.39, 0.29) is 12.1 Å². The number of carbonyl (C=O) groups is 2. The number of hydrogen-bond donors (Lipinski definition) is 0. The Morgan fingerprint density at radius 1 is 1.28 bits per heavy atom. The van der Waals surface area contributed by atoms with Gasteiger partial charge in [-0.25, -0.2) is 4.79 Å². The molecule has 0 saturated carbocycles. The van der Waals surface area contributed by atoms with E-state index in [0.29, 0.717) is 32.5 Å². The second-order valence-electron chi connectivity index (χ2n) is 7.44. The van der Waals surface area contributed by atoms with Gasteiger partial charge in [0, 0.05) is 19.3 Å². The summed E-state index contributed by atoms with van der Waals surface area (Å²) >= 11 is 0. The van der Waals surface area contributed by atoms with E-state index in [1.54, 1.807) is 18.0 Å². The fourth-order valence-electron chi connectivity index (χ4n) is 3.19. The number of rotatable bonds is 3. The second kappa shape index (κ2) is 7.42. The van der Waals surface area contributed by atoms with Crippen LogP contribution in [0.5, 0.6) is 0 Å². The summed E-state index contributed by atoms with van der Waals surface area (Å²) in [6.45, 7) is 10.5. The van der Waals surface area contributed by atoms with Crippen molar-refractivity contribution in [1.29, 1.82) is 0 Å². The molecule has 2 rings (SSSR count). The fraction of sp³-hybridized carbons (Fsp3) is 0.632. The van der Waals surface area contributed by atoms with Gasteiger partial charge >= 0.3 is 12.1 Å². The molecule has 6 heteroatoms. The molecular formula is C19H28N2O4. The van der Waals surface area contributed by atoms with Gasteiger partial charge in [-0.15, -0.1) is 0 Å². The second-order valence-corrected chi connectivity index (χ2v) is 7.44. The van der Waals surface area contributed by atoms with Crippen LogP contribution in [0.15, 0.2) is 18.3 Å². The Kier molecular flexibility index (Phi) is 5.70. The number of aromatic nitrogens is 1. The Morgan fingerprint density at radius 3 is 2.44 bits per heavy atom. The van der Waals surface area contributed by atoms with Gasteiger partial charge in [0.1, 0.15) is 11.0 Å². The lowest BCUT2D eigenvalue weighted by Crippen LogP contribution is -2.51. The van der Waals surface area contributed by atoms with Crippen LogP contribution in [-0.2, 0) is 19.7 Å². The average molecular weight is 348 g/mol. The zero-order valence-electron chi connectivity index (χ0n) is 15.8. The quantitative estimate of drug-likeness (QED) is 0.785. The van der Waals surface area contributed by atoms with Gasteiger partial charge in [0.15, 0.2) is 0 Å². The summed E-state index contributed by atoms with van der Waals surface area (Å²) in [5.74, 6) is -0.263. The zero-order chi connectivity index (χ0) is 18.7. The van der Waals surface area contributed by atoms with Crippen molar-refractivity contribution in [2.24, 2.45) is 0 Å². The first kappa shape index (κ1) is 19.2. The fourth-order valence-corrected chi connectivity index (χ4v) is 3.19. The molecule has 0 aromatic carbocycles. The molecule has 138 valence electrons. The van der Waals surface area contributed by atoms with Gasteiger partial charge in [0.25, 0.3) is 0 Å². The number of ether oxygens (including phenoxy) is 2. The number of amides is 1. The van der Waals surface area contributed by atoms with Crippen LogP contribution in [0.4, 0.5) is 4.79 Å². The van der Waals surface area contributed by atoms with Crippen LogP contribution in [0, 0.1) is 6.92 Å². The molecule has 1 fully saturated rings. The lowest BCUT2D eigenvalue weighted by atomic mass is 9.74. The molecule has 0 spiro atoms. The minimum absolute atomic E-state index is 0.263. The van der Waals surface area contributed by atoms with Crippen LogP contribution in [0.2, 0.25) is 0 Å². The molecule has 2 heterocycles. The first-order valence-corrected chi connectivity index (χ1v) is 8.77. The van der Waals surface area contributed by atoms with Crippen LogP contribution in [-0.4, -0.2) is 47.2 Å². The largest absolute Gasteiger partial charge is 0.465 e. The highest BCUT2D eigenvalue weighted by Gasteiger charge is 2.47. The Hall–Kier alpha value is -2.11. The number of carbonyl (C=O) groups excluding carboxylic acids is 2. The number of hydrogen-bond acceptors (Lipinski definition) is 5. The number of esters is 1. The third-order valence-electron chi connectivity index (χ3n) is 4.40. The van der Waals surface area contributed by atoms with Crippen LogP contribution < -0.4 is 0 Å². The first-order valence-electron chi connectivity index (χ1n) is 8.77. The monoisotopic (exact) mass is 348 g/mol. The van der Waals surface area contributed by atoms with E-state index in [1.165, 1.54) is 0 Å². The molecule has 1 saturated heterocycles. The van der Waals surface area contributed by atoms with Crippen LogP contribution in [0.1, 0.15) is 51.8 Å². The van der Waals surface area contributed by atoms with Gasteiger partial charge in [0.05, 0.1) is 12.3 Å². The van der Waals surface area contributed by atoms with Crippen molar-refractivity contribution in [3.05, 3.63) is 29.6 Å². The average Bonchev–Trinajstić information content (AvgIpc) is 2.54. The van der Waals surface area contributed by atoms with Gasteiger partial charge in [-0.2, -0.15) is 0 Å². The molecule has 6 nitrogen and oxygen atoms in total. The third-order valence-corrected chi connectivity index (χ3v) is 4.40. The van der Waals surface area contributed by atoms with Gasteiger partial charge in [-0.3, -0.25) is 9.78 Å². The Balaban J connectivity index is 2.23. The van der Waals surface area contributed by atoms with E-state index in [2.05, 4.69) is 4.98 Å². The molecule has 1 aliphatic heterocycles. The molecule has 1 aromatic rings. The van der Waals surface area contributed by atoms with E-state index < -0.39 is 11.0 Å². The summed E-state index contributed by atoms with van der Waals surface area (Å²) in [6, 6.07) is 3.80. The molecule has 25 heavy (non-hydrogen) atoms. The van der Waals surface area contributed by atoms with E-state index in [9.17, 15) is 9.59 Å². The summed E-state index contributed by atoms with van der Waals surface area (Å²) in [7, 11) is 0. The maximum atomic E-state index is 12.8. The molecule has 0 bridgehead atoms. The van der Waals surface area contributed by atoms with E-state index in [0.717, 1.165) is 11.3 Å². The Bertz CT molecular complexity index is 629. The zero-order valence-corrected chi connectivity index (χ0v) is 15.8. The van der Waals surface area contributed by atoms with Crippen molar-refractivity contribution >= 4 is 12.1 Å². The number of nitrogens with zero attached hydrogens (tertiary/aromatic N) is 2. The van der Waals surface area contributed by atoms with Gasteiger partial charge in [-0.05, 0) is 59.1 Å². The topological polar surface area (TPSA) is 68.7 Å². The SMILES string of the molecule is CCOC(=O)C1(c2ncccc2C)CCN(C(=O)OC(C)(C)C)CC1. The van der Waals surface area contributed by atoms with Crippen LogP contribution in [0.3, 0.4) is 0 Å². The number of aryl methyl sites for hydroxylation is 1. The van der Waals surface area contributed by atoms with Crippen molar-refractivity contribution in [2.75, 3.05) is 19.7 Å². The summed E-state index contributed by atoms with van der Waals surface area (Å²) in [5, 5.41) is 0. The standard InChI is InChI=1S/C19H28N2O4/c1-6-24-16(22)19(15-14(2)8-7-11-20-15)9-12-21(13-10-19)17(23)25-18(3,4)5/h7-8,11H,6,9-10,12-13H2,1-5H3. The van der Waals surface area contributed by atoms with Gasteiger partial charge < -0.3 is 14.4 Å². The van der Waals surface area contributed by atoms with Crippen molar-refractivity contribution in [3.8, 4) is 0 Å². The molecule has 0 N–H and O–H groups in total. The molecule has 1 aliphatic rings. The Morgan fingerprint density at radius 2 is 1.92 bits per heavy atom. The van der Waals surface area contributed by atoms with E-state index in [1.807, 2.05) is 39.8 Å². The van der Waals surface area contributed by atoms with E-state index >= 15 is 0 Å². The van der Waals surface area contributed by atoms with Crippen molar-refractivity contribution in [2.45, 2.75) is 58.5 Å². The number of likely N-dealkylation sites (tertiary alicyclic amines) is 1. The smallest absolute Gasteiger partial charge is 0.410 e. The molecule has 0 radical (unpaired) electrons. The highest BCUT2D eigenvalue weighted by Crippen LogP contribution is 2.37. The molecule has 0 aliphatic carbocycles. The molecule has 1 aromatic heterocycles. The normalized spacial score (nSPS) is 17.1. The van der Waals surface area contributed by atoms with Crippen LogP contribution >= 0.6 is 0 Å². The lowest BCUT2D eigenvalue weighted by Gasteiger charge is -2.40. The van der Waals surface area contributed by atoms with Crippen molar-refractivity contribution < 1.29 is 19.1 Å². The minimum atomic E-state index is -0.806. The summed E-state index contributed by atoms with van der Waals surface area (Å²) in [4.78, 5) is 31.2. The van der Waals surface area contributed by atoms with Gasteiger partial charge in [-0.1, -0.05) is 6.07 Å². The minimum Gasteiger partial charge on any atom is -0.465 e. The number of pyridine rings is 1. The highest BCUT2D eigenvalue weighted by molar-refractivity contribution is 5.83. The number of piperidine rings is 1. The summed E-state index contributed by atoms with van der Waals surface area (Å²) < 4.78 is 10.8. The molecule has 0 atom stereocenters.